The first kappa shape index (κ1) is 31.2. The third kappa shape index (κ3) is 7.22. The van der Waals surface area contributed by atoms with Crippen molar-refractivity contribution in [2.45, 2.75) is 6.92 Å². The summed E-state index contributed by atoms with van der Waals surface area (Å²) in [6.07, 6.45) is 0. The molecule has 10 heteroatoms. The summed E-state index contributed by atoms with van der Waals surface area (Å²) in [4.78, 5) is 24.8. The first-order valence-electron chi connectivity index (χ1n) is 12.7. The van der Waals surface area contributed by atoms with E-state index in [1.54, 1.807) is 36.4 Å². The van der Waals surface area contributed by atoms with Gasteiger partial charge in [-0.05, 0) is 61.5 Å². The highest BCUT2D eigenvalue weighted by Gasteiger charge is 2.19. The Morgan fingerprint density at radius 2 is 1.00 bits per heavy atom. The molecule has 0 fully saturated rings. The summed E-state index contributed by atoms with van der Waals surface area (Å²) < 4.78 is 25.5. The Morgan fingerprint density at radius 3 is 1.43 bits per heavy atom. The highest BCUT2D eigenvalue weighted by atomic mass is 16.5. The lowest BCUT2D eigenvalue weighted by Crippen LogP contribution is -2.03. The van der Waals surface area contributed by atoms with Crippen molar-refractivity contribution in [1.29, 1.82) is 0 Å². The Kier molecular flexibility index (Phi) is 10.6. The topological polar surface area (TPSA) is 141 Å². The van der Waals surface area contributed by atoms with E-state index >= 15 is 0 Å². The second-order valence-corrected chi connectivity index (χ2v) is 8.61. The molecule has 0 heterocycles. The SMILES string of the molecule is CCOc1ccc(C(=O)c2ccc(OC)cc2O)c(O)c1.COc1ccc(C(=O)c2ccc(OC)c(OC)c2)c(O)c1. The quantitative estimate of drug-likeness (QED) is 0.211. The average molecular weight is 577 g/mol. The van der Waals surface area contributed by atoms with Crippen LogP contribution in [0.3, 0.4) is 0 Å². The number of phenolic OH excluding ortho intramolecular Hbond substituents is 3. The zero-order valence-corrected chi connectivity index (χ0v) is 23.8. The fraction of sp³-hybridized carbons (Fsp3) is 0.188. The van der Waals surface area contributed by atoms with Gasteiger partial charge in [0.05, 0.1) is 51.7 Å². The molecule has 0 amide bonds. The molecule has 0 saturated carbocycles. The van der Waals surface area contributed by atoms with Crippen LogP contribution in [-0.2, 0) is 0 Å². The van der Waals surface area contributed by atoms with Crippen LogP contribution in [0.5, 0.6) is 46.0 Å². The van der Waals surface area contributed by atoms with E-state index in [1.807, 2.05) is 6.92 Å². The van der Waals surface area contributed by atoms with E-state index in [0.29, 0.717) is 40.9 Å². The predicted octanol–water partition coefficient (Wildman–Crippen LogP) is 5.39. The second-order valence-electron chi connectivity index (χ2n) is 8.61. The normalized spacial score (nSPS) is 10.1. The third-order valence-electron chi connectivity index (χ3n) is 6.07. The summed E-state index contributed by atoms with van der Waals surface area (Å²) in [5, 5.41) is 29.7. The minimum Gasteiger partial charge on any atom is -0.507 e. The molecule has 0 aliphatic heterocycles. The monoisotopic (exact) mass is 576 g/mol. The Morgan fingerprint density at radius 1 is 0.548 bits per heavy atom. The van der Waals surface area contributed by atoms with Crippen molar-refractivity contribution < 1.29 is 48.6 Å². The highest BCUT2D eigenvalue weighted by molar-refractivity contribution is 6.12. The van der Waals surface area contributed by atoms with Gasteiger partial charge in [0.1, 0.15) is 34.5 Å². The molecule has 0 bridgehead atoms. The van der Waals surface area contributed by atoms with Crippen LogP contribution in [0.15, 0.2) is 72.8 Å². The summed E-state index contributed by atoms with van der Waals surface area (Å²) >= 11 is 0. The third-order valence-corrected chi connectivity index (χ3v) is 6.07. The molecule has 0 radical (unpaired) electrons. The van der Waals surface area contributed by atoms with Gasteiger partial charge in [0.2, 0.25) is 0 Å². The Bertz CT molecular complexity index is 1560. The molecular formula is C32H32O10. The number of rotatable bonds is 10. The molecule has 0 aromatic heterocycles. The smallest absolute Gasteiger partial charge is 0.200 e. The van der Waals surface area contributed by atoms with E-state index in [-0.39, 0.29) is 39.7 Å². The first-order chi connectivity index (χ1) is 20.2. The average Bonchev–Trinajstić information content (AvgIpc) is 3.00. The van der Waals surface area contributed by atoms with Crippen molar-refractivity contribution in [3.05, 3.63) is 95.1 Å². The van der Waals surface area contributed by atoms with Crippen molar-refractivity contribution in [3.63, 3.8) is 0 Å². The number of ether oxygens (including phenoxy) is 5. The van der Waals surface area contributed by atoms with Gasteiger partial charge in [-0.15, -0.1) is 0 Å². The molecule has 3 N–H and O–H groups in total. The largest absolute Gasteiger partial charge is 0.507 e. The first-order valence-corrected chi connectivity index (χ1v) is 12.7. The number of phenols is 3. The molecule has 0 aliphatic carbocycles. The van der Waals surface area contributed by atoms with Gasteiger partial charge >= 0.3 is 0 Å². The summed E-state index contributed by atoms with van der Waals surface area (Å²) in [5.74, 6) is 1.08. The zero-order valence-electron chi connectivity index (χ0n) is 23.8. The molecule has 10 nitrogen and oxygen atoms in total. The molecular weight excluding hydrogens is 544 g/mol. The van der Waals surface area contributed by atoms with Crippen LogP contribution in [-0.4, -0.2) is 61.9 Å². The molecule has 0 unspecified atom stereocenters. The van der Waals surface area contributed by atoms with E-state index in [2.05, 4.69) is 0 Å². The molecule has 4 aromatic rings. The van der Waals surface area contributed by atoms with Gasteiger partial charge in [0, 0.05) is 23.8 Å². The van der Waals surface area contributed by atoms with Crippen LogP contribution in [0.1, 0.15) is 38.8 Å². The van der Waals surface area contributed by atoms with Crippen LogP contribution in [0.2, 0.25) is 0 Å². The lowest BCUT2D eigenvalue weighted by Gasteiger charge is -2.10. The predicted molar refractivity (Wildman–Crippen MR) is 155 cm³/mol. The zero-order chi connectivity index (χ0) is 30.8. The lowest BCUT2D eigenvalue weighted by molar-refractivity contribution is 0.102. The molecule has 42 heavy (non-hydrogen) atoms. The minimum atomic E-state index is -0.476. The maximum atomic E-state index is 12.4. The van der Waals surface area contributed by atoms with Crippen molar-refractivity contribution >= 4 is 11.6 Å². The Balaban J connectivity index is 0.000000230. The number of methoxy groups -OCH3 is 4. The molecule has 0 spiro atoms. The number of hydrogen-bond acceptors (Lipinski definition) is 10. The van der Waals surface area contributed by atoms with Gasteiger partial charge in [0.15, 0.2) is 23.1 Å². The molecule has 4 aromatic carbocycles. The van der Waals surface area contributed by atoms with Crippen LogP contribution in [0.25, 0.3) is 0 Å². The number of aromatic hydroxyl groups is 3. The van der Waals surface area contributed by atoms with Crippen LogP contribution in [0, 0.1) is 0 Å². The van der Waals surface area contributed by atoms with E-state index in [9.17, 15) is 24.9 Å². The molecule has 0 aliphatic rings. The number of carbonyl (C=O) groups excluding carboxylic acids is 2. The molecule has 0 saturated heterocycles. The minimum absolute atomic E-state index is 0.0928. The number of benzene rings is 4. The van der Waals surface area contributed by atoms with Crippen molar-refractivity contribution in [2.75, 3.05) is 35.0 Å². The summed E-state index contributed by atoms with van der Waals surface area (Å²) in [6.45, 7) is 2.29. The Hall–Kier alpha value is -5.38. The van der Waals surface area contributed by atoms with E-state index in [0.717, 1.165) is 0 Å². The van der Waals surface area contributed by atoms with E-state index in [4.69, 9.17) is 23.7 Å². The van der Waals surface area contributed by atoms with Gasteiger partial charge in [-0.25, -0.2) is 0 Å². The van der Waals surface area contributed by atoms with Gasteiger partial charge < -0.3 is 39.0 Å². The van der Waals surface area contributed by atoms with Crippen molar-refractivity contribution in [2.24, 2.45) is 0 Å². The standard InChI is InChI=1S/2C16H16O5/c1-19-11-5-6-12(13(17)9-11)16(18)10-4-7-14(20-2)15(8-10)21-3;1-3-21-11-5-7-13(15(18)9-11)16(19)12-6-4-10(20-2)8-14(12)17/h4-9,17H,1-3H3;4-9,17-18H,3H2,1-2H3. The number of hydrogen-bond donors (Lipinski definition) is 3. The van der Waals surface area contributed by atoms with Crippen LogP contribution < -0.4 is 23.7 Å². The van der Waals surface area contributed by atoms with Crippen LogP contribution in [0.4, 0.5) is 0 Å². The maximum Gasteiger partial charge on any atom is 0.200 e. The van der Waals surface area contributed by atoms with Gasteiger partial charge in [-0.3, -0.25) is 9.59 Å². The van der Waals surface area contributed by atoms with Crippen molar-refractivity contribution in [3.8, 4) is 46.0 Å². The van der Waals surface area contributed by atoms with Crippen LogP contribution >= 0.6 is 0 Å². The Labute approximate surface area is 243 Å². The summed E-state index contributed by atoms with van der Waals surface area (Å²) in [7, 11) is 5.98. The molecule has 4 rings (SSSR count). The highest BCUT2D eigenvalue weighted by Crippen LogP contribution is 2.32. The molecule has 220 valence electrons. The van der Waals surface area contributed by atoms with Gasteiger partial charge in [-0.1, -0.05) is 0 Å². The number of carbonyl (C=O) groups is 2. The molecule has 0 atom stereocenters. The summed E-state index contributed by atoms with van der Waals surface area (Å²) in [5.41, 5.74) is 0.783. The lowest BCUT2D eigenvalue weighted by atomic mass is 10.0. The summed E-state index contributed by atoms with van der Waals surface area (Å²) in [6, 6.07) is 18.2. The van der Waals surface area contributed by atoms with Gasteiger partial charge in [-0.2, -0.15) is 0 Å². The van der Waals surface area contributed by atoms with E-state index < -0.39 is 5.78 Å². The maximum absolute atomic E-state index is 12.4. The van der Waals surface area contributed by atoms with E-state index in [1.165, 1.54) is 64.8 Å². The number of ketones is 2. The fourth-order valence-electron chi connectivity index (χ4n) is 3.90. The fourth-order valence-corrected chi connectivity index (χ4v) is 3.90. The van der Waals surface area contributed by atoms with Gasteiger partial charge in [0.25, 0.3) is 0 Å². The van der Waals surface area contributed by atoms with Crippen molar-refractivity contribution in [1.82, 2.24) is 0 Å². The second kappa shape index (κ2) is 14.3.